The average Bonchev–Trinajstić information content (AvgIpc) is 2.20. The fraction of sp³-hybridized carbons (Fsp3) is 0.364. The van der Waals surface area contributed by atoms with Gasteiger partial charge in [0, 0.05) is 24.0 Å². The number of hydrogen-bond acceptors (Lipinski definition) is 1. The molecule has 0 aromatic carbocycles. The van der Waals surface area contributed by atoms with Crippen LogP contribution in [0.5, 0.6) is 0 Å². The highest BCUT2D eigenvalue weighted by Gasteiger charge is 1.93. The third kappa shape index (κ3) is 3.38. The summed E-state index contributed by atoms with van der Waals surface area (Å²) >= 11 is 5.80. The van der Waals surface area contributed by atoms with Crippen molar-refractivity contribution in [1.29, 1.82) is 0 Å². The molecular weight excluding hydrogens is 196 g/mol. The molecule has 1 heterocycles. The van der Waals surface area contributed by atoms with Crippen molar-refractivity contribution in [3.05, 3.63) is 35.4 Å². The summed E-state index contributed by atoms with van der Waals surface area (Å²) in [5.41, 5.74) is 1.74. The molecule has 0 radical (unpaired) electrons. The molecule has 3 heteroatoms. The number of rotatable bonds is 1. The van der Waals surface area contributed by atoms with Crippen molar-refractivity contribution in [1.82, 2.24) is 4.57 Å². The second-order valence-electron chi connectivity index (χ2n) is 2.53. The maximum atomic E-state index is 5.80. The number of aromatic nitrogens is 1. The Morgan fingerprint density at radius 1 is 1.50 bits per heavy atom. The zero-order chi connectivity index (χ0) is 11.1. The summed E-state index contributed by atoms with van der Waals surface area (Å²) in [7, 11) is 1.73. The zero-order valence-electron chi connectivity index (χ0n) is 9.21. The van der Waals surface area contributed by atoms with Crippen molar-refractivity contribution < 1.29 is 0 Å². The molecule has 0 saturated heterocycles. The number of halogens is 1. The molecule has 1 rings (SSSR count). The van der Waals surface area contributed by atoms with E-state index in [1.54, 1.807) is 13.1 Å². The van der Waals surface area contributed by atoms with Gasteiger partial charge in [-0.2, -0.15) is 0 Å². The van der Waals surface area contributed by atoms with Crippen molar-refractivity contribution >= 4 is 17.3 Å². The van der Waals surface area contributed by atoms with Crippen LogP contribution in [0.3, 0.4) is 0 Å². The Labute approximate surface area is 90.6 Å². The molecule has 0 atom stereocenters. The van der Waals surface area contributed by atoms with Crippen molar-refractivity contribution in [2.75, 3.05) is 7.05 Å². The van der Waals surface area contributed by atoms with Crippen LogP contribution >= 0.6 is 11.6 Å². The smallest absolute Gasteiger partial charge is 0.133 e. The molecule has 1 aromatic heterocycles. The number of hydrogen-bond donors (Lipinski definition) is 0. The van der Waals surface area contributed by atoms with Crippen LogP contribution in [0.4, 0.5) is 0 Å². The quantitative estimate of drug-likeness (QED) is 0.681. The predicted octanol–water partition coefficient (Wildman–Crippen LogP) is 3.19. The van der Waals surface area contributed by atoms with Crippen molar-refractivity contribution in [3.8, 4) is 0 Å². The molecule has 14 heavy (non-hydrogen) atoms. The maximum Gasteiger partial charge on any atom is 0.133 e. The fourth-order valence-corrected chi connectivity index (χ4v) is 1.11. The van der Waals surface area contributed by atoms with Gasteiger partial charge >= 0.3 is 0 Å². The van der Waals surface area contributed by atoms with Crippen LogP contribution in [-0.2, 0) is 0 Å². The molecule has 0 amide bonds. The molecular formula is C11H17ClN2. The normalized spacial score (nSPS) is 10.5. The summed E-state index contributed by atoms with van der Waals surface area (Å²) in [6.07, 6.45) is 1.85. The third-order valence-corrected chi connectivity index (χ3v) is 1.77. The summed E-state index contributed by atoms with van der Waals surface area (Å²) in [5, 5.41) is 0.688. The van der Waals surface area contributed by atoms with Gasteiger partial charge in [0.05, 0.1) is 0 Å². The van der Waals surface area contributed by atoms with Gasteiger partial charge in [-0.25, -0.2) is 0 Å². The summed E-state index contributed by atoms with van der Waals surface area (Å²) < 4.78 is 1.88. The second kappa shape index (κ2) is 6.44. The lowest BCUT2D eigenvalue weighted by molar-refractivity contribution is 0.956. The lowest BCUT2D eigenvalue weighted by atomic mass is 10.4. The van der Waals surface area contributed by atoms with Crippen LogP contribution in [0.1, 0.15) is 20.8 Å². The van der Waals surface area contributed by atoms with Crippen LogP contribution in [0.2, 0.25) is 5.02 Å². The molecule has 0 aliphatic heterocycles. The minimum absolute atomic E-state index is 0.688. The monoisotopic (exact) mass is 212 g/mol. The molecule has 0 fully saturated rings. The van der Waals surface area contributed by atoms with E-state index in [9.17, 15) is 0 Å². The van der Waals surface area contributed by atoms with E-state index in [2.05, 4.69) is 11.6 Å². The second-order valence-corrected chi connectivity index (χ2v) is 2.97. The Kier molecular flexibility index (Phi) is 5.97. The Hall–Kier alpha value is -1.02. The van der Waals surface area contributed by atoms with Crippen LogP contribution in [-0.4, -0.2) is 11.6 Å². The van der Waals surface area contributed by atoms with Crippen molar-refractivity contribution in [3.63, 3.8) is 0 Å². The predicted molar refractivity (Wildman–Crippen MR) is 63.3 cm³/mol. The zero-order valence-corrected chi connectivity index (χ0v) is 9.97. The molecule has 0 bridgehead atoms. The topological polar surface area (TPSA) is 17.3 Å². The first kappa shape index (κ1) is 13.0. The van der Waals surface area contributed by atoms with E-state index in [1.807, 2.05) is 37.6 Å². The first-order chi connectivity index (χ1) is 6.65. The standard InChI is InChI=1S/C9H11ClN2.C2H6/c1-7(2)12-5-4-8(10)6-9(12)11-3;1-2/h4-6H,1H2,2-3H3;1-2H3. The molecule has 1 aromatic rings. The maximum absolute atomic E-state index is 5.80. The molecule has 0 aliphatic carbocycles. The van der Waals surface area contributed by atoms with Crippen molar-refractivity contribution in [2.45, 2.75) is 20.8 Å². The van der Waals surface area contributed by atoms with Gasteiger partial charge in [0.15, 0.2) is 0 Å². The SMILES string of the molecule is C=C(C)n1ccc(Cl)cc1=NC.CC. The third-order valence-electron chi connectivity index (χ3n) is 1.54. The number of allylic oxidation sites excluding steroid dienone is 1. The lowest BCUT2D eigenvalue weighted by Crippen LogP contribution is -2.17. The Balaban J connectivity index is 0.000000791. The lowest BCUT2D eigenvalue weighted by Gasteiger charge is -2.05. The molecule has 0 saturated carbocycles. The Morgan fingerprint density at radius 3 is 2.50 bits per heavy atom. The van der Waals surface area contributed by atoms with Crippen molar-refractivity contribution in [2.24, 2.45) is 4.99 Å². The minimum atomic E-state index is 0.688. The van der Waals surface area contributed by atoms with Crippen LogP contribution < -0.4 is 5.49 Å². The molecule has 0 unspecified atom stereocenters. The van der Waals surface area contributed by atoms with Crippen LogP contribution in [0, 0.1) is 0 Å². The summed E-state index contributed by atoms with van der Waals surface area (Å²) in [4.78, 5) is 4.07. The highest BCUT2D eigenvalue weighted by molar-refractivity contribution is 6.30. The highest BCUT2D eigenvalue weighted by Crippen LogP contribution is 2.04. The first-order valence-electron chi connectivity index (χ1n) is 4.62. The number of nitrogens with zero attached hydrogens (tertiary/aromatic N) is 2. The van der Waals surface area contributed by atoms with Crippen LogP contribution in [0.15, 0.2) is 29.9 Å². The fourth-order valence-electron chi connectivity index (χ4n) is 0.958. The summed E-state index contributed by atoms with van der Waals surface area (Å²) in [5.74, 6) is 0. The van der Waals surface area contributed by atoms with Gasteiger partial charge < -0.3 is 4.57 Å². The van der Waals surface area contributed by atoms with Gasteiger partial charge in [-0.05, 0) is 19.1 Å². The van der Waals surface area contributed by atoms with Gasteiger partial charge in [-0.1, -0.05) is 32.0 Å². The van der Waals surface area contributed by atoms with E-state index in [0.29, 0.717) is 5.02 Å². The van der Waals surface area contributed by atoms with E-state index in [4.69, 9.17) is 11.6 Å². The van der Waals surface area contributed by atoms with E-state index < -0.39 is 0 Å². The van der Waals surface area contributed by atoms with E-state index in [1.165, 1.54) is 0 Å². The Morgan fingerprint density at radius 2 is 2.07 bits per heavy atom. The molecule has 0 spiro atoms. The largest absolute Gasteiger partial charge is 0.307 e. The molecule has 0 N–H and O–H groups in total. The summed E-state index contributed by atoms with van der Waals surface area (Å²) in [6.45, 7) is 9.74. The average molecular weight is 213 g/mol. The highest BCUT2D eigenvalue weighted by atomic mass is 35.5. The summed E-state index contributed by atoms with van der Waals surface area (Å²) in [6, 6.07) is 3.61. The first-order valence-corrected chi connectivity index (χ1v) is 5.00. The van der Waals surface area contributed by atoms with Gasteiger partial charge in [-0.3, -0.25) is 4.99 Å². The minimum Gasteiger partial charge on any atom is -0.307 e. The molecule has 78 valence electrons. The van der Waals surface area contributed by atoms with Gasteiger partial charge in [0.1, 0.15) is 5.49 Å². The molecule has 0 aliphatic rings. The van der Waals surface area contributed by atoms with Gasteiger partial charge in [0.2, 0.25) is 0 Å². The van der Waals surface area contributed by atoms with Gasteiger partial charge in [0.25, 0.3) is 0 Å². The molecule has 2 nitrogen and oxygen atoms in total. The van der Waals surface area contributed by atoms with E-state index in [0.717, 1.165) is 11.2 Å². The number of pyridine rings is 1. The van der Waals surface area contributed by atoms with Gasteiger partial charge in [-0.15, -0.1) is 0 Å². The Bertz CT molecular complexity index is 364. The van der Waals surface area contributed by atoms with E-state index >= 15 is 0 Å². The van der Waals surface area contributed by atoms with E-state index in [-0.39, 0.29) is 0 Å². The van der Waals surface area contributed by atoms with Crippen LogP contribution in [0.25, 0.3) is 5.70 Å².